The number of benzene rings is 1. The fourth-order valence-corrected chi connectivity index (χ4v) is 4.37. The molecule has 29 heavy (non-hydrogen) atoms. The molecule has 0 aliphatic carbocycles. The minimum atomic E-state index is -0.530. The Balaban J connectivity index is 2.16. The van der Waals surface area contributed by atoms with E-state index in [4.69, 9.17) is 4.74 Å². The maximum atomic E-state index is 12.6. The number of carbonyl (C=O) groups is 3. The van der Waals surface area contributed by atoms with Crippen molar-refractivity contribution in [2.45, 2.75) is 40.7 Å². The summed E-state index contributed by atoms with van der Waals surface area (Å²) in [6.45, 7) is 9.52. The van der Waals surface area contributed by atoms with Crippen LogP contribution in [-0.2, 0) is 9.53 Å². The Morgan fingerprint density at radius 3 is 2.38 bits per heavy atom. The zero-order valence-electron chi connectivity index (χ0n) is 17.6. The van der Waals surface area contributed by atoms with Crippen LogP contribution in [0.4, 0.5) is 5.00 Å². The average molecular weight is 418 g/mol. The predicted molar refractivity (Wildman–Crippen MR) is 114 cm³/mol. The second-order valence-corrected chi connectivity index (χ2v) is 8.23. The Hall–Kier alpha value is -2.51. The third-order valence-corrected chi connectivity index (χ3v) is 5.97. The third kappa shape index (κ3) is 5.74. The van der Waals surface area contributed by atoms with Gasteiger partial charge in [0, 0.05) is 11.5 Å². The Morgan fingerprint density at radius 2 is 1.83 bits per heavy atom. The van der Waals surface area contributed by atoms with Gasteiger partial charge in [0.05, 0.1) is 17.0 Å². The summed E-state index contributed by atoms with van der Waals surface area (Å²) in [5.41, 5.74) is 1.97. The molecule has 1 heterocycles. The molecule has 2 aromatic rings. The number of ketones is 1. The molecular weight excluding hydrogens is 388 g/mol. The van der Waals surface area contributed by atoms with Crippen LogP contribution >= 0.6 is 11.3 Å². The van der Waals surface area contributed by atoms with Crippen molar-refractivity contribution in [1.29, 1.82) is 0 Å². The number of nitrogens with one attached hydrogen (secondary N) is 1. The molecule has 7 heteroatoms. The molecule has 1 aromatic carbocycles. The normalized spacial score (nSPS) is 11.9. The SMILES string of the molecule is CCOC(=O)c1c(NC(=O)C[NH2+][C@H](c2ccccc2)C(C)C)sc(C(C)=O)c1C. The number of esters is 1. The topological polar surface area (TPSA) is 89.1 Å². The molecule has 0 aliphatic heterocycles. The van der Waals surface area contributed by atoms with E-state index in [0.29, 0.717) is 21.4 Å². The van der Waals surface area contributed by atoms with Crippen molar-refractivity contribution in [1.82, 2.24) is 0 Å². The first-order valence-corrected chi connectivity index (χ1v) is 10.6. The molecule has 3 N–H and O–H groups in total. The maximum Gasteiger partial charge on any atom is 0.341 e. The van der Waals surface area contributed by atoms with Crippen LogP contribution in [0.1, 0.15) is 64.9 Å². The first kappa shape index (κ1) is 22.8. The number of Topliss-reactive ketones (excluding diaryl/α,β-unsaturated/α-hetero) is 1. The van der Waals surface area contributed by atoms with E-state index in [1.165, 1.54) is 6.92 Å². The monoisotopic (exact) mass is 417 g/mol. The fraction of sp³-hybridized carbons (Fsp3) is 0.409. The predicted octanol–water partition coefficient (Wildman–Crippen LogP) is 3.34. The van der Waals surface area contributed by atoms with Crippen LogP contribution in [0.3, 0.4) is 0 Å². The minimum Gasteiger partial charge on any atom is -0.462 e. The molecule has 0 aliphatic rings. The van der Waals surface area contributed by atoms with Gasteiger partial charge in [0.2, 0.25) is 0 Å². The van der Waals surface area contributed by atoms with E-state index >= 15 is 0 Å². The van der Waals surface area contributed by atoms with Crippen molar-refractivity contribution in [2.75, 3.05) is 18.5 Å². The molecule has 0 spiro atoms. The molecule has 2 rings (SSSR count). The second kappa shape index (κ2) is 10.3. The number of rotatable bonds is 9. The lowest BCUT2D eigenvalue weighted by molar-refractivity contribution is -0.692. The molecule has 1 aromatic heterocycles. The molecule has 0 saturated heterocycles. The van der Waals surface area contributed by atoms with E-state index in [9.17, 15) is 14.4 Å². The first-order chi connectivity index (χ1) is 13.8. The standard InChI is InChI=1S/C22H28N2O4S/c1-6-28-22(27)18-14(4)20(15(5)25)29-21(18)24-17(26)12-23-19(13(2)3)16-10-8-7-9-11-16/h7-11,13,19,23H,6,12H2,1-5H3,(H,24,26)/p+1/t19-/m0/s1. The summed E-state index contributed by atoms with van der Waals surface area (Å²) in [5.74, 6) is -0.562. The number of carbonyl (C=O) groups excluding carboxylic acids is 3. The van der Waals surface area contributed by atoms with E-state index < -0.39 is 5.97 Å². The highest BCUT2D eigenvalue weighted by molar-refractivity contribution is 7.18. The largest absolute Gasteiger partial charge is 0.462 e. The summed E-state index contributed by atoms with van der Waals surface area (Å²) in [5, 5.41) is 5.16. The smallest absolute Gasteiger partial charge is 0.341 e. The summed E-state index contributed by atoms with van der Waals surface area (Å²) < 4.78 is 5.11. The summed E-state index contributed by atoms with van der Waals surface area (Å²) >= 11 is 1.12. The molecule has 1 atom stereocenters. The van der Waals surface area contributed by atoms with Crippen molar-refractivity contribution in [2.24, 2.45) is 5.92 Å². The van der Waals surface area contributed by atoms with Crippen LogP contribution in [0.25, 0.3) is 0 Å². The van der Waals surface area contributed by atoms with Gasteiger partial charge in [0.25, 0.3) is 5.91 Å². The van der Waals surface area contributed by atoms with Crippen molar-refractivity contribution in [3.8, 4) is 0 Å². The number of thiophene rings is 1. The molecule has 0 unspecified atom stereocenters. The van der Waals surface area contributed by atoms with Crippen LogP contribution < -0.4 is 10.6 Å². The molecule has 0 fully saturated rings. The van der Waals surface area contributed by atoms with Crippen molar-refractivity contribution in [3.63, 3.8) is 0 Å². The van der Waals surface area contributed by atoms with E-state index in [1.54, 1.807) is 13.8 Å². The van der Waals surface area contributed by atoms with Gasteiger partial charge in [-0.05, 0) is 26.3 Å². The summed E-state index contributed by atoms with van der Waals surface area (Å²) in [6.07, 6.45) is 0. The highest BCUT2D eigenvalue weighted by Crippen LogP contribution is 2.34. The zero-order valence-corrected chi connectivity index (χ0v) is 18.4. The summed E-state index contributed by atoms with van der Waals surface area (Å²) in [7, 11) is 0. The molecule has 0 bridgehead atoms. The molecular formula is C22H29N2O4S+. The van der Waals surface area contributed by atoms with Gasteiger partial charge in [-0.2, -0.15) is 0 Å². The van der Waals surface area contributed by atoms with Gasteiger partial charge in [-0.15, -0.1) is 11.3 Å². The summed E-state index contributed by atoms with van der Waals surface area (Å²) in [6, 6.07) is 10.2. The molecule has 156 valence electrons. The number of hydrogen-bond acceptors (Lipinski definition) is 5. The van der Waals surface area contributed by atoms with Crippen LogP contribution in [-0.4, -0.2) is 30.8 Å². The van der Waals surface area contributed by atoms with Crippen LogP contribution in [0, 0.1) is 12.8 Å². The number of hydrogen-bond donors (Lipinski definition) is 2. The van der Waals surface area contributed by atoms with E-state index in [-0.39, 0.29) is 36.4 Å². The Labute approximate surface area is 175 Å². The number of anilines is 1. The fourth-order valence-electron chi connectivity index (χ4n) is 3.27. The average Bonchev–Trinajstić information content (AvgIpc) is 2.99. The lowest BCUT2D eigenvalue weighted by atomic mass is 9.96. The van der Waals surface area contributed by atoms with E-state index in [0.717, 1.165) is 16.9 Å². The molecule has 6 nitrogen and oxygen atoms in total. The van der Waals surface area contributed by atoms with Gasteiger partial charge in [-0.1, -0.05) is 44.2 Å². The lowest BCUT2D eigenvalue weighted by Crippen LogP contribution is -2.88. The van der Waals surface area contributed by atoms with Gasteiger partial charge < -0.3 is 15.4 Å². The number of ether oxygens (including phenoxy) is 1. The molecule has 0 saturated carbocycles. The van der Waals surface area contributed by atoms with Crippen LogP contribution in [0.2, 0.25) is 0 Å². The van der Waals surface area contributed by atoms with Gasteiger partial charge >= 0.3 is 5.97 Å². The number of quaternary nitrogens is 1. The number of nitrogens with two attached hydrogens (primary N) is 1. The van der Waals surface area contributed by atoms with Gasteiger partial charge in [0.15, 0.2) is 12.3 Å². The van der Waals surface area contributed by atoms with E-state index in [1.807, 2.05) is 23.5 Å². The lowest BCUT2D eigenvalue weighted by Gasteiger charge is -2.19. The highest BCUT2D eigenvalue weighted by atomic mass is 32.1. The first-order valence-electron chi connectivity index (χ1n) is 9.75. The molecule has 0 radical (unpaired) electrons. The van der Waals surface area contributed by atoms with Crippen molar-refractivity contribution >= 4 is 34.0 Å². The van der Waals surface area contributed by atoms with Crippen molar-refractivity contribution < 1.29 is 24.4 Å². The van der Waals surface area contributed by atoms with Crippen LogP contribution in [0.15, 0.2) is 30.3 Å². The summed E-state index contributed by atoms with van der Waals surface area (Å²) in [4.78, 5) is 37.3. The zero-order chi connectivity index (χ0) is 21.6. The highest BCUT2D eigenvalue weighted by Gasteiger charge is 2.26. The van der Waals surface area contributed by atoms with Gasteiger partial charge in [-0.25, -0.2) is 4.79 Å². The Morgan fingerprint density at radius 1 is 1.17 bits per heavy atom. The van der Waals surface area contributed by atoms with E-state index in [2.05, 4.69) is 31.3 Å². The Bertz CT molecular complexity index is 874. The van der Waals surface area contributed by atoms with Crippen LogP contribution in [0.5, 0.6) is 0 Å². The second-order valence-electron chi connectivity index (χ2n) is 7.21. The van der Waals surface area contributed by atoms with Gasteiger partial charge in [-0.3, -0.25) is 9.59 Å². The Kier molecular flexibility index (Phi) is 8.10. The third-order valence-electron chi connectivity index (χ3n) is 4.66. The van der Waals surface area contributed by atoms with Crippen molar-refractivity contribution in [3.05, 3.63) is 51.9 Å². The molecule has 1 amide bonds. The maximum absolute atomic E-state index is 12.6. The quantitative estimate of drug-likeness (QED) is 0.484. The van der Waals surface area contributed by atoms with Gasteiger partial charge in [0.1, 0.15) is 11.0 Å². The minimum absolute atomic E-state index is 0.143. The number of amides is 1.